The molecule has 43 heavy (non-hydrogen) atoms. The number of benzene rings is 3. The van der Waals surface area contributed by atoms with Crippen molar-refractivity contribution >= 4 is 18.1 Å². The second-order valence-corrected chi connectivity index (χ2v) is 10.2. The largest absolute Gasteiger partial charge is 0.513 e. The summed E-state index contributed by atoms with van der Waals surface area (Å²) in [6.45, 7) is 5.60. The van der Waals surface area contributed by atoms with Crippen LogP contribution in [0.2, 0.25) is 0 Å². The van der Waals surface area contributed by atoms with E-state index in [1.807, 2.05) is 49.4 Å². The van der Waals surface area contributed by atoms with Crippen LogP contribution in [0.1, 0.15) is 49.5 Å². The average molecular weight is 585 g/mol. The van der Waals surface area contributed by atoms with Gasteiger partial charge in [-0.1, -0.05) is 85.0 Å². The predicted octanol–water partition coefficient (Wildman–Crippen LogP) is 6.53. The lowest BCUT2D eigenvalue weighted by Gasteiger charge is -2.37. The van der Waals surface area contributed by atoms with Crippen LogP contribution >= 0.6 is 0 Å². The molecule has 1 amide bonds. The first-order chi connectivity index (χ1) is 21.0. The third-order valence-electron chi connectivity index (χ3n) is 7.20. The smallest absolute Gasteiger partial charge is 0.493 e. The first-order valence-electron chi connectivity index (χ1n) is 14.6. The van der Waals surface area contributed by atoms with Crippen molar-refractivity contribution in [1.29, 1.82) is 0 Å². The Morgan fingerprint density at radius 2 is 1.58 bits per heavy atom. The SMILES string of the molecule is CCOC(=O)Oc1ccc(C=CC=CC(=O)NC(C)N2CCC(OC(c3ccccc3)c3ccccc3)CC2)cc1OC. The second-order valence-electron chi connectivity index (χ2n) is 10.2. The van der Waals surface area contributed by atoms with Crippen LogP contribution in [0.3, 0.4) is 0 Å². The lowest BCUT2D eigenvalue weighted by Crippen LogP contribution is -2.50. The van der Waals surface area contributed by atoms with Crippen LogP contribution in [0.25, 0.3) is 6.08 Å². The lowest BCUT2D eigenvalue weighted by atomic mass is 10.00. The summed E-state index contributed by atoms with van der Waals surface area (Å²) in [6.07, 6.45) is 7.71. The van der Waals surface area contributed by atoms with Crippen molar-refractivity contribution in [3.8, 4) is 11.5 Å². The van der Waals surface area contributed by atoms with Gasteiger partial charge in [0.1, 0.15) is 6.10 Å². The number of nitrogens with one attached hydrogen (secondary N) is 1. The van der Waals surface area contributed by atoms with E-state index in [9.17, 15) is 9.59 Å². The summed E-state index contributed by atoms with van der Waals surface area (Å²) in [5, 5.41) is 3.05. The summed E-state index contributed by atoms with van der Waals surface area (Å²) in [5.41, 5.74) is 3.12. The average Bonchev–Trinajstić information content (AvgIpc) is 3.03. The zero-order valence-corrected chi connectivity index (χ0v) is 25.0. The molecule has 1 N–H and O–H groups in total. The van der Waals surface area contributed by atoms with Crippen LogP contribution in [0.15, 0.2) is 97.1 Å². The number of nitrogens with zero attached hydrogens (tertiary/aromatic N) is 1. The van der Waals surface area contributed by atoms with Gasteiger partial charge in [0.05, 0.1) is 26.0 Å². The van der Waals surface area contributed by atoms with E-state index in [4.69, 9.17) is 18.9 Å². The highest BCUT2D eigenvalue weighted by Crippen LogP contribution is 2.31. The van der Waals surface area contributed by atoms with E-state index in [2.05, 4.69) is 34.5 Å². The van der Waals surface area contributed by atoms with Gasteiger partial charge in [0.25, 0.3) is 0 Å². The number of hydrogen-bond donors (Lipinski definition) is 1. The number of rotatable bonds is 12. The fourth-order valence-corrected chi connectivity index (χ4v) is 4.96. The fourth-order valence-electron chi connectivity index (χ4n) is 4.96. The van der Waals surface area contributed by atoms with Crippen LogP contribution in [0.4, 0.5) is 4.79 Å². The summed E-state index contributed by atoms with van der Waals surface area (Å²) < 4.78 is 21.9. The number of amides is 1. The van der Waals surface area contributed by atoms with Gasteiger partial charge in [0.2, 0.25) is 5.91 Å². The molecule has 4 rings (SSSR count). The van der Waals surface area contributed by atoms with Gasteiger partial charge in [0, 0.05) is 19.2 Å². The molecule has 1 unspecified atom stereocenters. The number of methoxy groups -OCH3 is 1. The maximum absolute atomic E-state index is 12.6. The monoisotopic (exact) mass is 584 g/mol. The van der Waals surface area contributed by atoms with E-state index in [1.165, 1.54) is 13.2 Å². The second kappa shape index (κ2) is 16.3. The van der Waals surface area contributed by atoms with Crippen LogP contribution in [-0.2, 0) is 14.3 Å². The number of likely N-dealkylation sites (tertiary alicyclic amines) is 1. The molecule has 0 bridgehead atoms. The third-order valence-corrected chi connectivity index (χ3v) is 7.20. The Morgan fingerprint density at radius 1 is 0.930 bits per heavy atom. The molecule has 8 nitrogen and oxygen atoms in total. The topological polar surface area (TPSA) is 86.3 Å². The first kappa shape index (κ1) is 31.5. The number of allylic oxidation sites excluding steroid dienone is 2. The zero-order chi connectivity index (χ0) is 30.4. The molecule has 3 aromatic carbocycles. The molecule has 3 aromatic rings. The molecule has 0 radical (unpaired) electrons. The van der Waals surface area contributed by atoms with E-state index in [1.54, 1.807) is 37.3 Å². The number of ether oxygens (including phenoxy) is 4. The van der Waals surface area contributed by atoms with Gasteiger partial charge in [-0.25, -0.2) is 4.79 Å². The Balaban J connectivity index is 1.24. The molecule has 1 fully saturated rings. The van der Waals surface area contributed by atoms with Crippen molar-refractivity contribution in [3.05, 3.63) is 114 Å². The van der Waals surface area contributed by atoms with Crippen LogP contribution in [0.5, 0.6) is 11.5 Å². The normalized spacial score (nSPS) is 15.1. The standard InChI is InChI=1S/C35H40N2O6/c1-4-41-35(39)43-31-20-19-27(25-32(31)40-3)13-11-12-18-33(38)36-26(2)37-23-21-30(22-24-37)42-34(28-14-7-5-8-15-28)29-16-9-6-10-17-29/h5-20,25-26,30,34H,4,21-24H2,1-3H3,(H,36,38). The molecular formula is C35H40N2O6. The molecular weight excluding hydrogens is 544 g/mol. The fraction of sp³-hybridized carbons (Fsp3) is 0.314. The molecule has 226 valence electrons. The Kier molecular flexibility index (Phi) is 11.9. The molecule has 0 aromatic heterocycles. The Labute approximate surface area is 253 Å². The van der Waals surface area contributed by atoms with Gasteiger partial charge in [-0.15, -0.1) is 0 Å². The predicted molar refractivity (Wildman–Crippen MR) is 167 cm³/mol. The van der Waals surface area contributed by atoms with Gasteiger partial charge in [-0.3, -0.25) is 9.69 Å². The van der Waals surface area contributed by atoms with Crippen molar-refractivity contribution in [1.82, 2.24) is 10.2 Å². The van der Waals surface area contributed by atoms with Crippen molar-refractivity contribution in [3.63, 3.8) is 0 Å². The van der Waals surface area contributed by atoms with E-state index >= 15 is 0 Å². The van der Waals surface area contributed by atoms with E-state index in [-0.39, 0.29) is 36.6 Å². The van der Waals surface area contributed by atoms with Crippen LogP contribution in [-0.4, -0.2) is 56.0 Å². The molecule has 1 aliphatic heterocycles. The summed E-state index contributed by atoms with van der Waals surface area (Å²) in [5.74, 6) is 0.500. The van der Waals surface area contributed by atoms with E-state index in [0.717, 1.165) is 42.6 Å². The maximum Gasteiger partial charge on any atom is 0.513 e. The molecule has 1 saturated heterocycles. The minimum Gasteiger partial charge on any atom is -0.493 e. The van der Waals surface area contributed by atoms with Gasteiger partial charge in [-0.05, 0) is 55.5 Å². The molecule has 0 saturated carbocycles. The van der Waals surface area contributed by atoms with Crippen molar-refractivity contribution in [2.45, 2.75) is 45.1 Å². The molecule has 8 heteroatoms. The summed E-state index contributed by atoms with van der Waals surface area (Å²) in [4.78, 5) is 26.4. The van der Waals surface area contributed by atoms with Gasteiger partial charge < -0.3 is 24.3 Å². The number of carbonyl (C=O) groups is 2. The van der Waals surface area contributed by atoms with Gasteiger partial charge in [-0.2, -0.15) is 0 Å². The van der Waals surface area contributed by atoms with E-state index in [0.29, 0.717) is 5.75 Å². The molecule has 1 aliphatic rings. The highest BCUT2D eigenvalue weighted by atomic mass is 16.7. The number of hydrogen-bond acceptors (Lipinski definition) is 7. The lowest BCUT2D eigenvalue weighted by molar-refractivity contribution is -0.118. The molecule has 1 heterocycles. The van der Waals surface area contributed by atoms with Crippen molar-refractivity contribution in [2.24, 2.45) is 0 Å². The van der Waals surface area contributed by atoms with Gasteiger partial charge >= 0.3 is 6.16 Å². The highest BCUT2D eigenvalue weighted by Gasteiger charge is 2.27. The minimum atomic E-state index is -0.787. The molecule has 0 spiro atoms. The zero-order valence-electron chi connectivity index (χ0n) is 25.0. The van der Waals surface area contributed by atoms with Crippen molar-refractivity contribution < 1.29 is 28.5 Å². The highest BCUT2D eigenvalue weighted by molar-refractivity contribution is 5.88. The Hall–Kier alpha value is -4.40. The van der Waals surface area contributed by atoms with Crippen molar-refractivity contribution in [2.75, 3.05) is 26.8 Å². The van der Waals surface area contributed by atoms with Crippen LogP contribution in [0, 0.1) is 0 Å². The first-order valence-corrected chi connectivity index (χ1v) is 14.6. The molecule has 0 aliphatic carbocycles. The Bertz CT molecular complexity index is 1330. The number of carbonyl (C=O) groups excluding carboxylic acids is 2. The molecule has 1 atom stereocenters. The van der Waals surface area contributed by atoms with Gasteiger partial charge in [0.15, 0.2) is 11.5 Å². The third kappa shape index (κ3) is 9.56. The summed E-state index contributed by atoms with van der Waals surface area (Å²) in [7, 11) is 1.49. The minimum absolute atomic E-state index is 0.0997. The quantitative estimate of drug-likeness (QED) is 0.112. The number of piperidine rings is 1. The summed E-state index contributed by atoms with van der Waals surface area (Å²) in [6, 6.07) is 25.8. The summed E-state index contributed by atoms with van der Waals surface area (Å²) >= 11 is 0. The maximum atomic E-state index is 12.6. The van der Waals surface area contributed by atoms with Crippen LogP contribution < -0.4 is 14.8 Å². The van der Waals surface area contributed by atoms with E-state index < -0.39 is 6.16 Å². The Morgan fingerprint density at radius 3 is 2.19 bits per heavy atom.